The zero-order valence-electron chi connectivity index (χ0n) is 16.5. The molecule has 9 N–H and O–H groups in total. The number of aromatic nitrogens is 2. The lowest BCUT2D eigenvalue weighted by Gasteiger charge is -2.33. The van der Waals surface area contributed by atoms with E-state index in [1.165, 1.54) is 12.4 Å². The summed E-state index contributed by atoms with van der Waals surface area (Å²) in [4.78, 5) is 20.4. The molecule has 0 radical (unpaired) electrons. The summed E-state index contributed by atoms with van der Waals surface area (Å²) < 4.78 is 5.36. The number of hydrogen-bond acceptors (Lipinski definition) is 9. The van der Waals surface area contributed by atoms with Crippen LogP contribution in [0.4, 0.5) is 23.1 Å². The topological polar surface area (TPSA) is 181 Å². The summed E-state index contributed by atoms with van der Waals surface area (Å²) in [6, 6.07) is 7.36. The highest BCUT2D eigenvalue weighted by Crippen LogP contribution is 2.22. The molecule has 1 aromatic heterocycles. The molecule has 0 spiro atoms. The predicted molar refractivity (Wildman–Crippen MR) is 115 cm³/mol. The Morgan fingerprint density at radius 1 is 1.40 bits per heavy atom. The van der Waals surface area contributed by atoms with Crippen molar-refractivity contribution in [1.82, 2.24) is 9.97 Å². The summed E-state index contributed by atoms with van der Waals surface area (Å²) in [5.74, 6) is -0.00242. The summed E-state index contributed by atoms with van der Waals surface area (Å²) in [6.07, 6.45) is 5.34. The number of primary amides is 1. The smallest absolute Gasteiger partial charge is 0.254 e. The predicted octanol–water partition coefficient (Wildman–Crippen LogP) is 0.0692. The van der Waals surface area contributed by atoms with Gasteiger partial charge in [-0.25, -0.2) is 4.98 Å². The van der Waals surface area contributed by atoms with Crippen LogP contribution >= 0.6 is 0 Å². The van der Waals surface area contributed by atoms with E-state index in [1.54, 1.807) is 5.43 Å². The number of benzene rings is 1. The van der Waals surface area contributed by atoms with Gasteiger partial charge in [-0.3, -0.25) is 4.79 Å². The second kappa shape index (κ2) is 9.87. The Bertz CT molecular complexity index is 926. The average Bonchev–Trinajstić information content (AvgIpc) is 2.73. The maximum absolute atomic E-state index is 11.8. The quantitative estimate of drug-likeness (QED) is 0.146. The average molecular weight is 412 g/mol. The van der Waals surface area contributed by atoms with Crippen LogP contribution in [0.5, 0.6) is 0 Å². The van der Waals surface area contributed by atoms with E-state index < -0.39 is 11.4 Å². The van der Waals surface area contributed by atoms with Crippen LogP contribution in [0, 0.1) is 5.41 Å². The molecular formula is C19H26N9O2+. The number of ether oxygens (including phenoxy) is 1. The third kappa shape index (κ3) is 5.80. The van der Waals surface area contributed by atoms with Gasteiger partial charge in [0.1, 0.15) is 17.6 Å². The minimum Gasteiger partial charge on any atom is -0.381 e. The van der Waals surface area contributed by atoms with Gasteiger partial charge < -0.3 is 32.2 Å². The molecule has 1 aliphatic heterocycles. The fourth-order valence-electron chi connectivity index (χ4n) is 2.96. The van der Waals surface area contributed by atoms with E-state index in [9.17, 15) is 4.79 Å². The van der Waals surface area contributed by atoms with E-state index >= 15 is 0 Å². The Hall–Kier alpha value is -3.41. The zero-order chi connectivity index (χ0) is 21.4. The second-order valence-electron chi connectivity index (χ2n) is 6.99. The molecule has 0 atom stereocenters. The van der Waals surface area contributed by atoms with Gasteiger partial charge in [-0.15, -0.1) is 0 Å². The van der Waals surface area contributed by atoms with Crippen molar-refractivity contribution in [3.63, 3.8) is 0 Å². The number of rotatable bonds is 9. The van der Waals surface area contributed by atoms with Crippen molar-refractivity contribution in [2.24, 2.45) is 16.6 Å². The first kappa shape index (κ1) is 21.3. The lowest BCUT2D eigenvalue weighted by Crippen LogP contribution is -2.71. The minimum atomic E-state index is -0.637. The van der Waals surface area contributed by atoms with Crippen molar-refractivity contribution in [2.45, 2.75) is 18.4 Å². The van der Waals surface area contributed by atoms with Gasteiger partial charge in [-0.2, -0.15) is 10.4 Å². The molecule has 2 aromatic rings. The maximum Gasteiger partial charge on any atom is 0.254 e. The highest BCUT2D eigenvalue weighted by Gasteiger charge is 2.28. The van der Waals surface area contributed by atoms with Gasteiger partial charge in [0.25, 0.3) is 5.91 Å². The number of nitrogens with two attached hydrogens (primary N) is 3. The van der Waals surface area contributed by atoms with Gasteiger partial charge >= 0.3 is 0 Å². The second-order valence-corrected chi connectivity index (χ2v) is 6.99. The Kier molecular flexibility index (Phi) is 7.01. The van der Waals surface area contributed by atoms with Crippen LogP contribution < -0.4 is 27.5 Å². The molecule has 11 nitrogen and oxygen atoms in total. The van der Waals surface area contributed by atoms with Crippen LogP contribution in [0.1, 0.15) is 23.2 Å². The number of quaternary nitrogens is 1. The highest BCUT2D eigenvalue weighted by molar-refractivity contribution is 6.14. The van der Waals surface area contributed by atoms with Crippen LogP contribution in [0.3, 0.4) is 0 Å². The molecule has 1 amide bonds. The number of anilines is 3. The minimum absolute atomic E-state index is 0.172. The molecule has 1 saturated heterocycles. The van der Waals surface area contributed by atoms with E-state index in [2.05, 4.69) is 25.7 Å². The fraction of sp³-hybridized carbons (Fsp3) is 0.316. The molecule has 1 fully saturated rings. The molecule has 0 aliphatic carbocycles. The van der Waals surface area contributed by atoms with Gasteiger partial charge in [0.15, 0.2) is 5.69 Å². The molecule has 0 bridgehead atoms. The Morgan fingerprint density at radius 2 is 2.20 bits per heavy atom. The SMILES string of the molecule is N=CC=N[NH2+]c1cccc(Nc2nc(NCC3(N)CCOCC3)ncc2C(N)=O)c1. The largest absolute Gasteiger partial charge is 0.381 e. The molecule has 30 heavy (non-hydrogen) atoms. The van der Waals surface area contributed by atoms with Gasteiger partial charge in [0.2, 0.25) is 5.95 Å². The standard InChI is InChI=1S/C19H25N9O2/c20-6-7-25-28-14-3-1-2-13(10-14)26-17-15(16(21)29)11-23-18(27-17)24-12-19(22)4-8-30-9-5-19/h1-3,6-7,10-11,20,28H,4-5,8-9,12,22H2,(H2,21,29)(H2,23,24,26,27)/p+1. The van der Waals surface area contributed by atoms with E-state index in [0.717, 1.165) is 24.7 Å². The molecule has 2 heterocycles. The van der Waals surface area contributed by atoms with Crippen molar-refractivity contribution in [3.8, 4) is 0 Å². The summed E-state index contributed by atoms with van der Waals surface area (Å²) in [5.41, 5.74) is 14.8. The zero-order valence-corrected chi connectivity index (χ0v) is 16.5. The number of carbonyl (C=O) groups is 1. The number of carbonyl (C=O) groups excluding carboxylic acids is 1. The van der Waals surface area contributed by atoms with E-state index in [4.69, 9.17) is 21.6 Å². The van der Waals surface area contributed by atoms with Crippen LogP contribution in [-0.4, -0.2) is 53.6 Å². The first-order valence-electron chi connectivity index (χ1n) is 9.49. The van der Waals surface area contributed by atoms with Gasteiger partial charge in [-0.1, -0.05) is 11.2 Å². The fourth-order valence-corrected chi connectivity index (χ4v) is 2.96. The lowest BCUT2D eigenvalue weighted by molar-refractivity contribution is -0.576. The monoisotopic (exact) mass is 412 g/mol. The van der Waals surface area contributed by atoms with Crippen molar-refractivity contribution >= 4 is 41.5 Å². The Morgan fingerprint density at radius 3 is 2.93 bits per heavy atom. The number of hydrogen-bond donors (Lipinski definition) is 6. The molecule has 11 heteroatoms. The summed E-state index contributed by atoms with van der Waals surface area (Å²) in [6.45, 7) is 1.74. The first-order chi connectivity index (χ1) is 14.5. The highest BCUT2D eigenvalue weighted by atomic mass is 16.5. The van der Waals surface area contributed by atoms with Gasteiger partial charge in [0, 0.05) is 55.5 Å². The lowest BCUT2D eigenvalue weighted by atomic mass is 9.91. The third-order valence-electron chi connectivity index (χ3n) is 4.67. The number of nitrogens with zero attached hydrogens (tertiary/aromatic N) is 3. The maximum atomic E-state index is 11.8. The molecule has 158 valence electrons. The van der Waals surface area contributed by atoms with Crippen molar-refractivity contribution in [3.05, 3.63) is 36.0 Å². The van der Waals surface area contributed by atoms with Crippen molar-refractivity contribution < 1.29 is 15.0 Å². The Labute approximate surface area is 173 Å². The molecule has 0 unspecified atom stereocenters. The molecule has 0 saturated carbocycles. The number of amides is 1. The van der Waals surface area contributed by atoms with Gasteiger partial charge in [-0.05, 0) is 18.9 Å². The first-order valence-corrected chi connectivity index (χ1v) is 9.49. The third-order valence-corrected chi connectivity index (χ3v) is 4.67. The van der Waals surface area contributed by atoms with Crippen LogP contribution in [0.25, 0.3) is 0 Å². The normalized spacial score (nSPS) is 15.6. The van der Waals surface area contributed by atoms with E-state index in [1.807, 2.05) is 24.3 Å². The van der Waals surface area contributed by atoms with Gasteiger partial charge in [0.05, 0.1) is 0 Å². The van der Waals surface area contributed by atoms with E-state index in [-0.39, 0.29) is 11.4 Å². The molecule has 1 aliphatic rings. The molecular weight excluding hydrogens is 386 g/mol. The Balaban J connectivity index is 1.76. The van der Waals surface area contributed by atoms with E-state index in [0.29, 0.717) is 31.4 Å². The number of nitrogens with one attached hydrogen (secondary N) is 3. The van der Waals surface area contributed by atoms with Crippen LogP contribution in [-0.2, 0) is 4.74 Å². The van der Waals surface area contributed by atoms with Crippen LogP contribution in [0.15, 0.2) is 35.6 Å². The van der Waals surface area contributed by atoms with Crippen LogP contribution in [0.2, 0.25) is 0 Å². The summed E-state index contributed by atoms with van der Waals surface area (Å²) >= 11 is 0. The summed E-state index contributed by atoms with van der Waals surface area (Å²) in [7, 11) is 0. The van der Waals surface area contributed by atoms with Crippen molar-refractivity contribution in [2.75, 3.05) is 30.4 Å². The summed E-state index contributed by atoms with van der Waals surface area (Å²) in [5, 5.41) is 17.2. The molecule has 1 aromatic carbocycles. The van der Waals surface area contributed by atoms with Crippen molar-refractivity contribution in [1.29, 1.82) is 5.41 Å². The molecule has 3 rings (SSSR count).